The molecule has 2 heteroatoms. The van der Waals surface area contributed by atoms with Gasteiger partial charge in [-0.05, 0) is 40.7 Å². The number of carbonyl (C=O) groups is 1. The van der Waals surface area contributed by atoms with E-state index in [2.05, 4.69) is 32.9 Å². The highest BCUT2D eigenvalue weighted by Crippen LogP contribution is 2.29. The van der Waals surface area contributed by atoms with Crippen molar-refractivity contribution >= 4 is 6.29 Å². The summed E-state index contributed by atoms with van der Waals surface area (Å²) >= 11 is 0. The molecular weight excluding hydrogens is 251 g/mol. The molecule has 0 aliphatic rings. The van der Waals surface area contributed by atoms with Gasteiger partial charge in [0.25, 0.3) is 0 Å². The fourth-order valence-electron chi connectivity index (χ4n) is 2.12. The van der Waals surface area contributed by atoms with Crippen LogP contribution in [0.5, 0.6) is 0 Å². The lowest BCUT2D eigenvalue weighted by molar-refractivity contribution is 0.112. The molecule has 0 aromatic heterocycles. The topological polar surface area (TPSA) is 17.1 Å². The molecule has 0 bridgehead atoms. The summed E-state index contributed by atoms with van der Waals surface area (Å²) in [5.41, 5.74) is 3.25. The van der Waals surface area contributed by atoms with Gasteiger partial charge < -0.3 is 0 Å². The average Bonchev–Trinajstić information content (AvgIpc) is 2.47. The minimum atomic E-state index is -0.476. The molecular formula is C18H19FO. The van der Waals surface area contributed by atoms with E-state index in [4.69, 9.17) is 0 Å². The fourth-order valence-corrected chi connectivity index (χ4v) is 2.12. The van der Waals surface area contributed by atoms with Crippen molar-refractivity contribution in [3.63, 3.8) is 0 Å². The predicted molar refractivity (Wildman–Crippen MR) is 80.5 cm³/mol. The number of benzene rings is 2. The maximum absolute atomic E-state index is 13.6. The standard InChI is InChI=1S/C18H19FO/c1-4-18(2,3)16-9-7-13(8-10-16)14-5-6-15(12-20)17(19)11-14/h5-12H,4H2,1-3H3. The highest BCUT2D eigenvalue weighted by Gasteiger charge is 2.17. The van der Waals surface area contributed by atoms with E-state index in [1.165, 1.54) is 17.7 Å². The van der Waals surface area contributed by atoms with Gasteiger partial charge in [-0.15, -0.1) is 0 Å². The van der Waals surface area contributed by atoms with E-state index < -0.39 is 5.82 Å². The van der Waals surface area contributed by atoms with Crippen LogP contribution in [0.25, 0.3) is 11.1 Å². The first-order valence-electron chi connectivity index (χ1n) is 6.83. The van der Waals surface area contributed by atoms with E-state index >= 15 is 0 Å². The summed E-state index contributed by atoms with van der Waals surface area (Å²) in [5.74, 6) is -0.476. The van der Waals surface area contributed by atoms with E-state index in [1.54, 1.807) is 6.07 Å². The maximum atomic E-state index is 13.6. The Morgan fingerprint density at radius 2 is 1.65 bits per heavy atom. The third kappa shape index (κ3) is 2.79. The Labute approximate surface area is 119 Å². The normalized spacial score (nSPS) is 11.4. The van der Waals surface area contributed by atoms with E-state index in [0.717, 1.165) is 17.5 Å². The molecule has 2 rings (SSSR count). The summed E-state index contributed by atoms with van der Waals surface area (Å²) in [5, 5.41) is 0. The van der Waals surface area contributed by atoms with Crippen LogP contribution in [0.3, 0.4) is 0 Å². The van der Waals surface area contributed by atoms with E-state index in [-0.39, 0.29) is 11.0 Å². The minimum absolute atomic E-state index is 0.0949. The van der Waals surface area contributed by atoms with Crippen molar-refractivity contribution in [2.75, 3.05) is 0 Å². The van der Waals surface area contributed by atoms with Gasteiger partial charge in [-0.3, -0.25) is 4.79 Å². The van der Waals surface area contributed by atoms with Crippen molar-refractivity contribution in [2.24, 2.45) is 0 Å². The smallest absolute Gasteiger partial charge is 0.152 e. The Balaban J connectivity index is 2.35. The number of carbonyl (C=O) groups excluding carboxylic acids is 1. The number of hydrogen-bond donors (Lipinski definition) is 0. The molecule has 0 fully saturated rings. The zero-order valence-electron chi connectivity index (χ0n) is 12.1. The van der Waals surface area contributed by atoms with E-state index in [0.29, 0.717) is 6.29 Å². The molecule has 2 aromatic rings. The van der Waals surface area contributed by atoms with Crippen LogP contribution in [0.1, 0.15) is 43.1 Å². The van der Waals surface area contributed by atoms with Gasteiger partial charge in [-0.1, -0.05) is 51.1 Å². The number of hydrogen-bond acceptors (Lipinski definition) is 1. The second-order valence-electron chi connectivity index (χ2n) is 5.67. The molecule has 104 valence electrons. The Bertz CT molecular complexity index is 612. The Hall–Kier alpha value is -1.96. The van der Waals surface area contributed by atoms with Crippen LogP contribution in [0.4, 0.5) is 4.39 Å². The maximum Gasteiger partial charge on any atom is 0.152 e. The summed E-state index contributed by atoms with van der Waals surface area (Å²) in [6.45, 7) is 6.59. The van der Waals surface area contributed by atoms with Crippen LogP contribution in [0, 0.1) is 5.82 Å². The van der Waals surface area contributed by atoms with Crippen LogP contribution in [-0.4, -0.2) is 6.29 Å². The molecule has 0 atom stereocenters. The van der Waals surface area contributed by atoms with Gasteiger partial charge in [0.2, 0.25) is 0 Å². The molecule has 0 radical (unpaired) electrons. The first-order chi connectivity index (χ1) is 9.47. The molecule has 0 aliphatic carbocycles. The molecule has 0 unspecified atom stereocenters. The summed E-state index contributed by atoms with van der Waals surface area (Å²) in [4.78, 5) is 10.6. The Morgan fingerprint density at radius 1 is 1.05 bits per heavy atom. The number of rotatable bonds is 4. The minimum Gasteiger partial charge on any atom is -0.298 e. The molecule has 0 spiro atoms. The fraction of sp³-hybridized carbons (Fsp3) is 0.278. The summed E-state index contributed by atoms with van der Waals surface area (Å²) < 4.78 is 13.6. The van der Waals surface area contributed by atoms with Crippen LogP contribution >= 0.6 is 0 Å². The third-order valence-electron chi connectivity index (χ3n) is 4.01. The Kier molecular flexibility index (Phi) is 4.03. The third-order valence-corrected chi connectivity index (χ3v) is 4.01. The quantitative estimate of drug-likeness (QED) is 0.715. The summed E-state index contributed by atoms with van der Waals surface area (Å²) in [6.07, 6.45) is 1.60. The van der Waals surface area contributed by atoms with Crippen LogP contribution in [0.2, 0.25) is 0 Å². The van der Waals surface area contributed by atoms with Crippen molar-refractivity contribution in [3.8, 4) is 11.1 Å². The van der Waals surface area contributed by atoms with Crippen molar-refractivity contribution in [3.05, 3.63) is 59.4 Å². The van der Waals surface area contributed by atoms with Crippen LogP contribution in [-0.2, 0) is 5.41 Å². The van der Waals surface area contributed by atoms with Crippen molar-refractivity contribution in [2.45, 2.75) is 32.6 Å². The monoisotopic (exact) mass is 270 g/mol. The first kappa shape index (κ1) is 14.4. The lowest BCUT2D eigenvalue weighted by atomic mass is 9.82. The van der Waals surface area contributed by atoms with Crippen molar-refractivity contribution < 1.29 is 9.18 Å². The first-order valence-corrected chi connectivity index (χ1v) is 6.83. The molecule has 0 amide bonds. The zero-order valence-corrected chi connectivity index (χ0v) is 12.1. The molecule has 1 nitrogen and oxygen atoms in total. The van der Waals surface area contributed by atoms with E-state index in [9.17, 15) is 9.18 Å². The molecule has 0 saturated heterocycles. The summed E-state index contributed by atoms with van der Waals surface area (Å²) in [6, 6.07) is 12.9. The molecule has 0 aliphatic heterocycles. The van der Waals surface area contributed by atoms with Crippen molar-refractivity contribution in [1.29, 1.82) is 0 Å². The average molecular weight is 270 g/mol. The molecule has 0 saturated carbocycles. The highest BCUT2D eigenvalue weighted by atomic mass is 19.1. The lowest BCUT2D eigenvalue weighted by Crippen LogP contribution is -2.14. The van der Waals surface area contributed by atoms with Gasteiger partial charge in [0.15, 0.2) is 6.29 Å². The largest absolute Gasteiger partial charge is 0.298 e. The highest BCUT2D eigenvalue weighted by molar-refractivity contribution is 5.77. The van der Waals surface area contributed by atoms with Gasteiger partial charge in [-0.25, -0.2) is 4.39 Å². The van der Waals surface area contributed by atoms with Gasteiger partial charge in [0, 0.05) is 0 Å². The predicted octanol–water partition coefficient (Wildman–Crippen LogP) is 4.99. The zero-order chi connectivity index (χ0) is 14.8. The molecule has 20 heavy (non-hydrogen) atoms. The van der Waals surface area contributed by atoms with Crippen molar-refractivity contribution in [1.82, 2.24) is 0 Å². The molecule has 0 N–H and O–H groups in total. The Morgan fingerprint density at radius 3 is 2.15 bits per heavy atom. The molecule has 0 heterocycles. The number of halogens is 1. The SMILES string of the molecule is CCC(C)(C)c1ccc(-c2ccc(C=O)c(F)c2)cc1. The second-order valence-corrected chi connectivity index (χ2v) is 5.67. The van der Waals surface area contributed by atoms with Crippen LogP contribution < -0.4 is 0 Å². The molecule has 2 aromatic carbocycles. The summed E-state index contributed by atoms with van der Waals surface area (Å²) in [7, 11) is 0. The number of aldehydes is 1. The van der Waals surface area contributed by atoms with E-state index in [1.807, 2.05) is 12.1 Å². The van der Waals surface area contributed by atoms with Gasteiger partial charge >= 0.3 is 0 Å². The van der Waals surface area contributed by atoms with Gasteiger partial charge in [-0.2, -0.15) is 0 Å². The van der Waals surface area contributed by atoms with Gasteiger partial charge in [0.05, 0.1) is 5.56 Å². The van der Waals surface area contributed by atoms with Crippen LogP contribution in [0.15, 0.2) is 42.5 Å². The lowest BCUT2D eigenvalue weighted by Gasteiger charge is -2.23. The second kappa shape index (κ2) is 5.58. The van der Waals surface area contributed by atoms with Gasteiger partial charge in [0.1, 0.15) is 5.82 Å².